The summed E-state index contributed by atoms with van der Waals surface area (Å²) in [5, 5.41) is 8.08. The number of nitrogens with one attached hydrogen (secondary N) is 1. The lowest BCUT2D eigenvalue weighted by atomic mass is 10.0. The summed E-state index contributed by atoms with van der Waals surface area (Å²) in [5.74, 6) is 0. The Labute approximate surface area is 123 Å². The molecule has 1 aromatic heterocycles. The molecule has 0 aromatic carbocycles. The fraction of sp³-hybridized carbons (Fsp3) is 0.812. The molecule has 1 rings (SSSR count). The van der Waals surface area contributed by atoms with Crippen molar-refractivity contribution in [3.63, 3.8) is 0 Å². The van der Waals surface area contributed by atoms with E-state index >= 15 is 0 Å². The second-order valence-corrected chi connectivity index (χ2v) is 5.54. The van der Waals surface area contributed by atoms with E-state index in [1.54, 1.807) is 0 Å². The van der Waals surface area contributed by atoms with Gasteiger partial charge in [-0.1, -0.05) is 13.8 Å². The summed E-state index contributed by atoms with van der Waals surface area (Å²) in [7, 11) is 2.02. The molecule has 0 amide bonds. The first kappa shape index (κ1) is 17.2. The zero-order valence-electron chi connectivity index (χ0n) is 13.8. The van der Waals surface area contributed by atoms with Gasteiger partial charge in [-0.15, -0.1) is 0 Å². The van der Waals surface area contributed by atoms with E-state index in [0.717, 1.165) is 51.1 Å². The van der Waals surface area contributed by atoms with E-state index < -0.39 is 0 Å². The fourth-order valence-corrected chi connectivity index (χ4v) is 2.46. The molecule has 4 heteroatoms. The molecule has 0 aliphatic heterocycles. The van der Waals surface area contributed by atoms with Gasteiger partial charge in [-0.05, 0) is 51.6 Å². The van der Waals surface area contributed by atoms with Crippen LogP contribution >= 0.6 is 0 Å². The van der Waals surface area contributed by atoms with Crippen molar-refractivity contribution in [2.75, 3.05) is 19.8 Å². The highest BCUT2D eigenvalue weighted by molar-refractivity contribution is 5.24. The number of ether oxygens (including phenoxy) is 1. The summed E-state index contributed by atoms with van der Waals surface area (Å²) in [6.45, 7) is 11.3. The highest BCUT2D eigenvalue weighted by Gasteiger charge is 2.13. The molecular formula is C16H31N3O. The van der Waals surface area contributed by atoms with Crippen LogP contribution in [0.5, 0.6) is 0 Å². The van der Waals surface area contributed by atoms with Crippen molar-refractivity contribution in [1.82, 2.24) is 15.1 Å². The van der Waals surface area contributed by atoms with Gasteiger partial charge in [-0.2, -0.15) is 5.10 Å². The van der Waals surface area contributed by atoms with Crippen molar-refractivity contribution < 1.29 is 4.74 Å². The van der Waals surface area contributed by atoms with E-state index in [1.165, 1.54) is 11.3 Å². The molecule has 0 spiro atoms. The minimum atomic E-state index is 0.445. The quantitative estimate of drug-likeness (QED) is 0.670. The van der Waals surface area contributed by atoms with Crippen molar-refractivity contribution in [1.29, 1.82) is 0 Å². The van der Waals surface area contributed by atoms with Gasteiger partial charge in [0.05, 0.1) is 12.3 Å². The summed E-state index contributed by atoms with van der Waals surface area (Å²) >= 11 is 0. The van der Waals surface area contributed by atoms with Gasteiger partial charge < -0.3 is 10.1 Å². The topological polar surface area (TPSA) is 39.1 Å². The summed E-state index contributed by atoms with van der Waals surface area (Å²) in [4.78, 5) is 0. The lowest BCUT2D eigenvalue weighted by molar-refractivity contribution is 0.109. The van der Waals surface area contributed by atoms with Crippen LogP contribution in [0.2, 0.25) is 0 Å². The average molecular weight is 281 g/mol. The van der Waals surface area contributed by atoms with Gasteiger partial charge in [0.15, 0.2) is 0 Å². The van der Waals surface area contributed by atoms with Crippen LogP contribution in [0.3, 0.4) is 0 Å². The van der Waals surface area contributed by atoms with Gasteiger partial charge in [0.1, 0.15) is 0 Å². The lowest BCUT2D eigenvalue weighted by Gasteiger charge is -2.18. The molecule has 0 aliphatic rings. The third-order valence-electron chi connectivity index (χ3n) is 3.75. The predicted octanol–water partition coefficient (Wildman–Crippen LogP) is 2.76. The number of aryl methyl sites for hydroxylation is 2. The van der Waals surface area contributed by atoms with Crippen molar-refractivity contribution >= 4 is 0 Å². The van der Waals surface area contributed by atoms with Crippen molar-refractivity contribution in [2.24, 2.45) is 7.05 Å². The zero-order chi connectivity index (χ0) is 15.0. The van der Waals surface area contributed by atoms with Crippen molar-refractivity contribution in [3.8, 4) is 0 Å². The van der Waals surface area contributed by atoms with Crippen LogP contribution in [0.4, 0.5) is 0 Å². The van der Waals surface area contributed by atoms with Crippen LogP contribution in [-0.2, 0) is 18.2 Å². The maximum Gasteiger partial charge on any atom is 0.0628 e. The smallest absolute Gasteiger partial charge is 0.0628 e. The van der Waals surface area contributed by atoms with E-state index in [9.17, 15) is 0 Å². The monoisotopic (exact) mass is 281 g/mol. The molecule has 4 nitrogen and oxygen atoms in total. The number of rotatable bonds is 10. The molecule has 116 valence electrons. The third-order valence-corrected chi connectivity index (χ3v) is 3.75. The van der Waals surface area contributed by atoms with Gasteiger partial charge in [0, 0.05) is 25.4 Å². The zero-order valence-corrected chi connectivity index (χ0v) is 13.8. The predicted molar refractivity (Wildman–Crippen MR) is 84.2 cm³/mol. The number of hydrogen-bond donors (Lipinski definition) is 1. The van der Waals surface area contributed by atoms with Crippen LogP contribution in [0, 0.1) is 13.8 Å². The second-order valence-electron chi connectivity index (χ2n) is 5.54. The maximum absolute atomic E-state index is 5.71. The third kappa shape index (κ3) is 5.25. The molecule has 0 bridgehead atoms. The number of aromatic nitrogens is 2. The molecule has 0 fully saturated rings. The molecular weight excluding hydrogens is 250 g/mol. The SMILES string of the molecule is CCCNC(CCc1c(C)nn(C)c1C)COCCC. The van der Waals surface area contributed by atoms with Crippen LogP contribution in [0.1, 0.15) is 50.1 Å². The highest BCUT2D eigenvalue weighted by Crippen LogP contribution is 2.15. The Morgan fingerprint density at radius 1 is 1.25 bits per heavy atom. The van der Waals surface area contributed by atoms with E-state index in [-0.39, 0.29) is 0 Å². The fourth-order valence-electron chi connectivity index (χ4n) is 2.46. The molecule has 1 unspecified atom stereocenters. The standard InChI is InChI=1S/C16H31N3O/c1-6-10-17-15(12-20-11-7-2)8-9-16-13(3)18-19(5)14(16)4/h15,17H,6-12H2,1-5H3. The second kappa shape index (κ2) is 9.14. The van der Waals surface area contributed by atoms with Crippen LogP contribution in [-0.4, -0.2) is 35.6 Å². The molecule has 1 atom stereocenters. The van der Waals surface area contributed by atoms with Crippen molar-refractivity contribution in [3.05, 3.63) is 17.0 Å². The largest absolute Gasteiger partial charge is 0.380 e. The Balaban J connectivity index is 2.51. The Morgan fingerprint density at radius 2 is 2.00 bits per heavy atom. The van der Waals surface area contributed by atoms with E-state index in [1.807, 2.05) is 11.7 Å². The maximum atomic E-state index is 5.71. The van der Waals surface area contributed by atoms with Crippen LogP contribution < -0.4 is 5.32 Å². The first-order valence-electron chi connectivity index (χ1n) is 7.90. The number of hydrogen-bond acceptors (Lipinski definition) is 3. The van der Waals surface area contributed by atoms with Gasteiger partial charge in [-0.3, -0.25) is 4.68 Å². The van der Waals surface area contributed by atoms with Gasteiger partial charge in [-0.25, -0.2) is 0 Å². The van der Waals surface area contributed by atoms with Crippen molar-refractivity contribution in [2.45, 2.75) is 59.4 Å². The first-order valence-corrected chi connectivity index (χ1v) is 7.90. The molecule has 0 aliphatic carbocycles. The van der Waals surface area contributed by atoms with E-state index in [4.69, 9.17) is 4.74 Å². The average Bonchev–Trinajstić information content (AvgIpc) is 2.67. The molecule has 1 heterocycles. The van der Waals surface area contributed by atoms with Crippen LogP contribution in [0.15, 0.2) is 0 Å². The van der Waals surface area contributed by atoms with Gasteiger partial charge in [0.2, 0.25) is 0 Å². The minimum Gasteiger partial charge on any atom is -0.380 e. The Bertz CT molecular complexity index is 387. The summed E-state index contributed by atoms with van der Waals surface area (Å²) in [5.41, 5.74) is 3.84. The Hall–Kier alpha value is -0.870. The molecule has 1 N–H and O–H groups in total. The summed E-state index contributed by atoms with van der Waals surface area (Å²) in [6, 6.07) is 0.445. The molecule has 0 saturated heterocycles. The molecule has 20 heavy (non-hydrogen) atoms. The molecule has 0 saturated carbocycles. The summed E-state index contributed by atoms with van der Waals surface area (Å²) in [6.07, 6.45) is 4.43. The normalized spacial score (nSPS) is 12.8. The highest BCUT2D eigenvalue weighted by atomic mass is 16.5. The van der Waals surface area contributed by atoms with E-state index in [0.29, 0.717) is 6.04 Å². The van der Waals surface area contributed by atoms with Crippen LogP contribution in [0.25, 0.3) is 0 Å². The molecule has 0 radical (unpaired) electrons. The minimum absolute atomic E-state index is 0.445. The van der Waals surface area contributed by atoms with Gasteiger partial charge >= 0.3 is 0 Å². The van der Waals surface area contributed by atoms with E-state index in [2.05, 4.69) is 38.1 Å². The first-order chi connectivity index (χ1) is 9.60. The Morgan fingerprint density at radius 3 is 2.55 bits per heavy atom. The molecule has 1 aromatic rings. The number of nitrogens with zero attached hydrogens (tertiary/aromatic N) is 2. The lowest BCUT2D eigenvalue weighted by Crippen LogP contribution is -2.34. The summed E-state index contributed by atoms with van der Waals surface area (Å²) < 4.78 is 7.69. The Kier molecular flexibility index (Phi) is 7.85. The van der Waals surface area contributed by atoms with Gasteiger partial charge in [0.25, 0.3) is 0 Å².